The molecule has 0 rings (SSSR count). The van der Waals surface area contributed by atoms with Crippen LogP contribution in [-0.4, -0.2) is 47.4 Å². The van der Waals surface area contributed by atoms with Gasteiger partial charge >= 0.3 is 5.97 Å². The normalized spacial score (nSPS) is 12.6. The summed E-state index contributed by atoms with van der Waals surface area (Å²) in [7, 11) is 0. The van der Waals surface area contributed by atoms with E-state index < -0.39 is 12.1 Å². The van der Waals surface area contributed by atoms with Gasteiger partial charge in [0.2, 0.25) is 5.91 Å². The Morgan fingerprint density at radius 1 is 0.386 bits per heavy atom. The van der Waals surface area contributed by atoms with Crippen molar-refractivity contribution in [2.24, 2.45) is 0 Å². The molecule has 0 saturated carbocycles. The lowest BCUT2D eigenvalue weighted by Crippen LogP contribution is -2.45. The highest BCUT2D eigenvalue weighted by Crippen LogP contribution is 2.18. The molecule has 2 unspecified atom stereocenters. The van der Waals surface area contributed by atoms with Gasteiger partial charge in [-0.3, -0.25) is 9.59 Å². The van der Waals surface area contributed by atoms with Crippen molar-refractivity contribution in [1.82, 2.24) is 5.32 Å². The highest BCUT2D eigenvalue weighted by atomic mass is 16.5. The smallest absolute Gasteiger partial charge is 0.305 e. The highest BCUT2D eigenvalue weighted by Gasteiger charge is 2.20. The Morgan fingerprint density at radius 2 is 0.671 bits per heavy atom. The van der Waals surface area contributed by atoms with Crippen molar-refractivity contribution >= 4 is 11.9 Å². The molecule has 0 heterocycles. The second-order valence-corrected chi connectivity index (χ2v) is 22.1. The van der Waals surface area contributed by atoms with Gasteiger partial charge in [-0.2, -0.15) is 0 Å². The lowest BCUT2D eigenvalue weighted by molar-refractivity contribution is -0.143. The van der Waals surface area contributed by atoms with Gasteiger partial charge < -0.3 is 20.3 Å². The van der Waals surface area contributed by atoms with Crippen LogP contribution in [0.3, 0.4) is 0 Å². The van der Waals surface area contributed by atoms with E-state index in [0.717, 1.165) is 51.4 Å². The number of unbranched alkanes of at least 4 members (excludes halogenated alkanes) is 47. The first-order chi connectivity index (χ1) is 34.5. The Morgan fingerprint density at radius 3 is 1.01 bits per heavy atom. The summed E-state index contributed by atoms with van der Waals surface area (Å²) in [4.78, 5) is 24.6. The molecular formula is C64H125NO5. The minimum Gasteiger partial charge on any atom is -0.466 e. The van der Waals surface area contributed by atoms with E-state index >= 15 is 0 Å². The van der Waals surface area contributed by atoms with Gasteiger partial charge in [-0.1, -0.05) is 309 Å². The maximum absolute atomic E-state index is 12.5. The number of amides is 1. The van der Waals surface area contributed by atoms with Gasteiger partial charge in [0.1, 0.15) is 0 Å². The third-order valence-electron chi connectivity index (χ3n) is 15.1. The molecule has 0 aliphatic carbocycles. The summed E-state index contributed by atoms with van der Waals surface area (Å²) in [5.74, 6) is -0.0377. The fourth-order valence-electron chi connectivity index (χ4n) is 10.2. The summed E-state index contributed by atoms with van der Waals surface area (Å²) in [6.45, 7) is 4.97. The predicted octanol–water partition coefficient (Wildman–Crippen LogP) is 20.0. The number of rotatable bonds is 60. The Labute approximate surface area is 438 Å². The summed E-state index contributed by atoms with van der Waals surface area (Å²) in [6.07, 6.45) is 72.2. The molecule has 6 heteroatoms. The van der Waals surface area contributed by atoms with Crippen LogP contribution in [0.5, 0.6) is 0 Å². The lowest BCUT2D eigenvalue weighted by Gasteiger charge is -2.22. The molecule has 0 radical (unpaired) electrons. The van der Waals surface area contributed by atoms with Crippen LogP contribution in [0, 0.1) is 0 Å². The van der Waals surface area contributed by atoms with Gasteiger partial charge in [-0.05, 0) is 51.4 Å². The summed E-state index contributed by atoms with van der Waals surface area (Å²) >= 11 is 0. The minimum atomic E-state index is -0.672. The molecule has 0 saturated heterocycles. The molecule has 3 N–H and O–H groups in total. The molecule has 0 spiro atoms. The Kier molecular flexibility index (Phi) is 59.0. The first-order valence-electron chi connectivity index (χ1n) is 31.9. The average molecular weight is 989 g/mol. The number of aliphatic hydroxyl groups excluding tert-OH is 2. The number of allylic oxidation sites excluding steroid dienone is 2. The first kappa shape index (κ1) is 68.6. The van der Waals surface area contributed by atoms with Gasteiger partial charge in [-0.15, -0.1) is 0 Å². The summed E-state index contributed by atoms with van der Waals surface area (Å²) in [5, 5.41) is 23.3. The van der Waals surface area contributed by atoms with E-state index in [1.165, 1.54) is 276 Å². The molecule has 416 valence electrons. The van der Waals surface area contributed by atoms with Crippen molar-refractivity contribution in [2.75, 3.05) is 13.2 Å². The van der Waals surface area contributed by atoms with Crippen LogP contribution in [0.15, 0.2) is 12.2 Å². The van der Waals surface area contributed by atoms with E-state index in [4.69, 9.17) is 4.74 Å². The first-order valence-corrected chi connectivity index (χ1v) is 31.9. The third-order valence-corrected chi connectivity index (χ3v) is 15.1. The van der Waals surface area contributed by atoms with Crippen molar-refractivity contribution in [2.45, 2.75) is 373 Å². The fourth-order valence-corrected chi connectivity index (χ4v) is 10.2. The number of nitrogens with one attached hydrogen (secondary N) is 1. The SMILES string of the molecule is CCCCCCCCCCCCCCCCCCCCC(=O)OCCCCCCCCCCC/C=C\CCCCCCCC(=O)NC(CO)C(O)CCCCCCCCCCCCCCCCCCC. The van der Waals surface area contributed by atoms with Gasteiger partial charge in [0, 0.05) is 12.8 Å². The lowest BCUT2D eigenvalue weighted by atomic mass is 10.0. The second-order valence-electron chi connectivity index (χ2n) is 22.1. The number of carbonyl (C=O) groups is 2. The average Bonchev–Trinajstić information content (AvgIpc) is 3.36. The Bertz CT molecular complexity index is 1050. The molecule has 0 aliphatic rings. The van der Waals surface area contributed by atoms with Crippen molar-refractivity contribution in [3.05, 3.63) is 12.2 Å². The zero-order valence-corrected chi connectivity index (χ0v) is 47.5. The van der Waals surface area contributed by atoms with E-state index in [1.54, 1.807) is 0 Å². The zero-order valence-electron chi connectivity index (χ0n) is 47.5. The molecule has 6 nitrogen and oxygen atoms in total. The van der Waals surface area contributed by atoms with Gasteiger partial charge in [0.15, 0.2) is 0 Å². The molecular weight excluding hydrogens is 863 g/mol. The van der Waals surface area contributed by atoms with Crippen molar-refractivity contribution < 1.29 is 24.5 Å². The number of hydrogen-bond acceptors (Lipinski definition) is 5. The third kappa shape index (κ3) is 55.9. The van der Waals surface area contributed by atoms with E-state index in [1.807, 2.05) is 0 Å². The fraction of sp³-hybridized carbons (Fsp3) is 0.938. The van der Waals surface area contributed by atoms with Crippen LogP contribution in [0.4, 0.5) is 0 Å². The van der Waals surface area contributed by atoms with Gasteiger partial charge in [-0.25, -0.2) is 0 Å². The molecule has 2 atom stereocenters. The maximum Gasteiger partial charge on any atom is 0.305 e. The highest BCUT2D eigenvalue weighted by molar-refractivity contribution is 5.76. The quantitative estimate of drug-likeness (QED) is 0.0321. The van der Waals surface area contributed by atoms with Gasteiger partial charge in [0.25, 0.3) is 0 Å². The van der Waals surface area contributed by atoms with Crippen molar-refractivity contribution in [1.29, 1.82) is 0 Å². The number of carbonyl (C=O) groups excluding carboxylic acids is 2. The summed E-state index contributed by atoms with van der Waals surface area (Å²) in [5.41, 5.74) is 0. The van der Waals surface area contributed by atoms with E-state index in [-0.39, 0.29) is 18.5 Å². The molecule has 0 aromatic rings. The number of esters is 1. The molecule has 0 aromatic carbocycles. The molecule has 0 aromatic heterocycles. The van der Waals surface area contributed by atoms with Gasteiger partial charge in [0.05, 0.1) is 25.4 Å². The van der Waals surface area contributed by atoms with E-state index in [9.17, 15) is 19.8 Å². The number of aliphatic hydroxyl groups is 2. The monoisotopic (exact) mass is 988 g/mol. The van der Waals surface area contributed by atoms with Crippen LogP contribution >= 0.6 is 0 Å². The Balaban J connectivity index is 3.42. The number of ether oxygens (including phenoxy) is 1. The van der Waals surface area contributed by atoms with Crippen LogP contribution < -0.4 is 5.32 Å². The summed E-state index contributed by atoms with van der Waals surface area (Å²) in [6, 6.07) is -0.551. The number of hydrogen-bond donors (Lipinski definition) is 3. The van der Waals surface area contributed by atoms with Crippen LogP contribution in [0.1, 0.15) is 361 Å². The van der Waals surface area contributed by atoms with Crippen molar-refractivity contribution in [3.8, 4) is 0 Å². The zero-order chi connectivity index (χ0) is 50.7. The Hall–Kier alpha value is -1.40. The van der Waals surface area contributed by atoms with Crippen LogP contribution in [0.25, 0.3) is 0 Å². The molecule has 1 amide bonds. The topological polar surface area (TPSA) is 95.9 Å². The predicted molar refractivity (Wildman–Crippen MR) is 306 cm³/mol. The standard InChI is InChI=1S/C64H125NO5/c1-3-5-7-9-11-13-15-17-19-21-26-30-34-38-42-46-50-54-58-64(69)70-59-55-51-47-43-39-35-31-27-23-22-25-29-33-37-41-45-49-53-57-63(68)65-61(60-66)62(67)56-52-48-44-40-36-32-28-24-20-18-16-14-12-10-8-6-4-2/h25,29,61-62,66-67H,3-24,26-28,30-60H2,1-2H3,(H,65,68)/b29-25-. The summed E-state index contributed by atoms with van der Waals surface area (Å²) < 4.78 is 5.50. The molecule has 0 fully saturated rings. The van der Waals surface area contributed by atoms with E-state index in [0.29, 0.717) is 25.9 Å². The molecule has 70 heavy (non-hydrogen) atoms. The van der Waals surface area contributed by atoms with E-state index in [2.05, 4.69) is 31.3 Å². The molecule has 0 aliphatic heterocycles. The van der Waals surface area contributed by atoms with Crippen molar-refractivity contribution in [3.63, 3.8) is 0 Å². The second kappa shape index (κ2) is 60.2. The maximum atomic E-state index is 12.5. The minimum absolute atomic E-state index is 0.00830. The largest absolute Gasteiger partial charge is 0.466 e. The van der Waals surface area contributed by atoms with Crippen LogP contribution in [0.2, 0.25) is 0 Å². The molecule has 0 bridgehead atoms. The van der Waals surface area contributed by atoms with Crippen LogP contribution in [-0.2, 0) is 14.3 Å².